The molecule has 3 aromatic rings. The molecule has 4 rings (SSSR count). The average molecular weight is 587 g/mol. The van der Waals surface area contributed by atoms with Crippen molar-refractivity contribution in [3.8, 4) is 11.5 Å². The van der Waals surface area contributed by atoms with E-state index in [0.717, 1.165) is 28.6 Å². The van der Waals surface area contributed by atoms with Crippen LogP contribution >= 0.6 is 27.7 Å². The van der Waals surface area contributed by atoms with E-state index in [9.17, 15) is 4.79 Å². The number of hydrogen-bond donors (Lipinski definition) is 2. The highest BCUT2D eigenvalue weighted by molar-refractivity contribution is 9.10. The van der Waals surface area contributed by atoms with Crippen molar-refractivity contribution in [1.82, 2.24) is 14.8 Å². The molecule has 0 radical (unpaired) electrons. The summed E-state index contributed by atoms with van der Waals surface area (Å²) in [4.78, 5) is 18.6. The highest BCUT2D eigenvalue weighted by atomic mass is 79.9. The van der Waals surface area contributed by atoms with Crippen LogP contribution in [-0.4, -0.2) is 39.6 Å². The van der Waals surface area contributed by atoms with Crippen LogP contribution in [0.3, 0.4) is 0 Å². The molecule has 2 aromatic carbocycles. The van der Waals surface area contributed by atoms with Crippen molar-refractivity contribution in [3.63, 3.8) is 0 Å². The molecule has 0 spiro atoms. The fourth-order valence-corrected chi connectivity index (χ4v) is 5.07. The zero-order chi connectivity index (χ0) is 26.4. The number of nitrogens with zero attached hydrogens (tertiary/aromatic N) is 3. The summed E-state index contributed by atoms with van der Waals surface area (Å²) in [7, 11) is 0. The molecule has 1 aliphatic rings. The van der Waals surface area contributed by atoms with E-state index in [1.807, 2.05) is 56.3 Å². The molecule has 1 aromatic heterocycles. The van der Waals surface area contributed by atoms with Gasteiger partial charge in [0.15, 0.2) is 0 Å². The number of amides is 1. The Morgan fingerprint density at radius 1 is 1.16 bits per heavy atom. The van der Waals surface area contributed by atoms with Gasteiger partial charge in [-0.2, -0.15) is 4.98 Å². The Kier molecular flexibility index (Phi) is 9.15. The summed E-state index contributed by atoms with van der Waals surface area (Å²) >= 11 is 5.17. The van der Waals surface area contributed by atoms with Crippen molar-refractivity contribution in [1.29, 1.82) is 0 Å². The van der Waals surface area contributed by atoms with Crippen molar-refractivity contribution in [3.05, 3.63) is 63.8 Å². The van der Waals surface area contributed by atoms with Gasteiger partial charge in [-0.1, -0.05) is 60.1 Å². The third-order valence-corrected chi connectivity index (χ3v) is 7.02. The van der Waals surface area contributed by atoms with Gasteiger partial charge in [-0.25, -0.2) is 4.68 Å². The number of anilines is 2. The van der Waals surface area contributed by atoms with Crippen LogP contribution in [0.15, 0.2) is 63.4 Å². The summed E-state index contributed by atoms with van der Waals surface area (Å²) in [5, 5.41) is 11.8. The number of aromatic nitrogens is 3. The first-order chi connectivity index (χ1) is 18.0. The second-order valence-corrected chi connectivity index (χ2v) is 10.6. The van der Waals surface area contributed by atoms with Gasteiger partial charge < -0.3 is 20.1 Å². The smallest absolute Gasteiger partial charge is 0.255 e. The Morgan fingerprint density at radius 3 is 2.73 bits per heavy atom. The molecule has 0 fully saturated rings. The maximum absolute atomic E-state index is 13.9. The Labute approximate surface area is 230 Å². The maximum Gasteiger partial charge on any atom is 0.255 e. The van der Waals surface area contributed by atoms with Crippen LogP contribution in [0.2, 0.25) is 0 Å². The number of carbonyl (C=O) groups excluding carboxylic acids is 1. The topological polar surface area (TPSA) is 90.3 Å². The summed E-state index contributed by atoms with van der Waals surface area (Å²) in [6.45, 7) is 9.07. The molecule has 0 bridgehead atoms. The number of rotatable bonds is 11. The van der Waals surface area contributed by atoms with E-state index >= 15 is 0 Å². The minimum atomic E-state index is -0.552. The van der Waals surface area contributed by atoms with Crippen LogP contribution < -0.4 is 20.1 Å². The SMILES string of the molecule is CCCCOc1ccc(Br)cc1C1C(C(=O)Nc2ccccc2OCC)=C(C)Nc2nc(SCC)nn21. The van der Waals surface area contributed by atoms with Crippen molar-refractivity contribution in [2.75, 3.05) is 29.6 Å². The number of thioether (sulfide) groups is 1. The molecule has 2 N–H and O–H groups in total. The summed E-state index contributed by atoms with van der Waals surface area (Å²) in [6, 6.07) is 12.7. The molecule has 0 saturated carbocycles. The van der Waals surface area contributed by atoms with Gasteiger partial charge in [0, 0.05) is 15.7 Å². The van der Waals surface area contributed by atoms with Gasteiger partial charge in [-0.15, -0.1) is 5.10 Å². The van der Waals surface area contributed by atoms with E-state index in [4.69, 9.17) is 14.6 Å². The monoisotopic (exact) mass is 585 g/mol. The number of benzene rings is 2. The van der Waals surface area contributed by atoms with Crippen LogP contribution in [0.1, 0.15) is 52.1 Å². The number of hydrogen-bond acceptors (Lipinski definition) is 7. The Morgan fingerprint density at radius 2 is 1.97 bits per heavy atom. The van der Waals surface area contributed by atoms with E-state index in [1.165, 1.54) is 0 Å². The molecule has 1 atom stereocenters. The van der Waals surface area contributed by atoms with Gasteiger partial charge in [0.25, 0.3) is 5.91 Å². The molecule has 10 heteroatoms. The van der Waals surface area contributed by atoms with Gasteiger partial charge in [0.2, 0.25) is 11.1 Å². The molecular formula is C27H32BrN5O3S. The fraction of sp³-hybridized carbons (Fsp3) is 0.370. The summed E-state index contributed by atoms with van der Waals surface area (Å²) in [5.41, 5.74) is 2.65. The molecule has 1 aliphatic heterocycles. The molecule has 0 saturated heterocycles. The summed E-state index contributed by atoms with van der Waals surface area (Å²) in [6.07, 6.45) is 1.96. The number of halogens is 1. The fourth-order valence-electron chi connectivity index (χ4n) is 4.14. The molecule has 1 unspecified atom stereocenters. The Hall–Kier alpha value is -2.98. The van der Waals surface area contributed by atoms with Crippen LogP contribution in [0.4, 0.5) is 11.6 Å². The van der Waals surface area contributed by atoms with Crippen LogP contribution in [0.5, 0.6) is 11.5 Å². The summed E-state index contributed by atoms with van der Waals surface area (Å²) < 4.78 is 14.6. The zero-order valence-electron chi connectivity index (χ0n) is 21.5. The number of carbonyl (C=O) groups is 1. The third kappa shape index (κ3) is 6.13. The number of nitrogens with one attached hydrogen (secondary N) is 2. The molecular weight excluding hydrogens is 554 g/mol. The number of para-hydroxylation sites is 2. The molecule has 0 aliphatic carbocycles. The lowest BCUT2D eigenvalue weighted by Crippen LogP contribution is -2.32. The van der Waals surface area contributed by atoms with Gasteiger partial charge in [0.05, 0.1) is 24.5 Å². The number of allylic oxidation sites excluding steroid dienone is 1. The van der Waals surface area contributed by atoms with Crippen LogP contribution in [0, 0.1) is 0 Å². The predicted octanol–water partition coefficient (Wildman–Crippen LogP) is 6.66. The van der Waals surface area contributed by atoms with Gasteiger partial charge in [0.1, 0.15) is 17.5 Å². The second kappa shape index (κ2) is 12.5. The molecule has 8 nitrogen and oxygen atoms in total. The van der Waals surface area contributed by atoms with E-state index in [0.29, 0.717) is 52.8 Å². The van der Waals surface area contributed by atoms with E-state index in [2.05, 4.69) is 45.4 Å². The highest BCUT2D eigenvalue weighted by Crippen LogP contribution is 2.41. The number of fused-ring (bicyclic) bond motifs is 1. The predicted molar refractivity (Wildman–Crippen MR) is 152 cm³/mol. The summed E-state index contributed by atoms with van der Waals surface area (Å²) in [5.74, 6) is 2.50. The van der Waals surface area contributed by atoms with Crippen molar-refractivity contribution in [2.24, 2.45) is 0 Å². The lowest BCUT2D eigenvalue weighted by Gasteiger charge is -2.30. The highest BCUT2D eigenvalue weighted by Gasteiger charge is 2.36. The minimum Gasteiger partial charge on any atom is -0.493 e. The number of unbranched alkanes of at least 4 members (excludes halogenated alkanes) is 1. The molecule has 1 amide bonds. The maximum atomic E-state index is 13.9. The third-order valence-electron chi connectivity index (χ3n) is 5.81. The molecule has 2 heterocycles. The zero-order valence-corrected chi connectivity index (χ0v) is 23.9. The normalized spacial score (nSPS) is 14.7. The first-order valence-corrected chi connectivity index (χ1v) is 14.3. The van der Waals surface area contributed by atoms with Crippen molar-refractivity contribution in [2.45, 2.75) is 51.7 Å². The van der Waals surface area contributed by atoms with E-state index < -0.39 is 6.04 Å². The second-order valence-electron chi connectivity index (χ2n) is 8.43. The van der Waals surface area contributed by atoms with E-state index in [1.54, 1.807) is 16.4 Å². The average Bonchev–Trinajstić information content (AvgIpc) is 3.27. The van der Waals surface area contributed by atoms with Crippen molar-refractivity contribution < 1.29 is 14.3 Å². The number of ether oxygens (including phenoxy) is 2. The lowest BCUT2D eigenvalue weighted by atomic mass is 9.94. The van der Waals surface area contributed by atoms with Gasteiger partial charge in [-0.05, 0) is 56.4 Å². The Bertz CT molecular complexity index is 1290. The molecule has 196 valence electrons. The van der Waals surface area contributed by atoms with Crippen LogP contribution in [-0.2, 0) is 4.79 Å². The van der Waals surface area contributed by atoms with Gasteiger partial charge in [-0.3, -0.25) is 4.79 Å². The quantitative estimate of drug-likeness (QED) is 0.192. The first-order valence-electron chi connectivity index (χ1n) is 12.5. The van der Waals surface area contributed by atoms with Crippen LogP contribution in [0.25, 0.3) is 0 Å². The van der Waals surface area contributed by atoms with Gasteiger partial charge >= 0.3 is 0 Å². The first kappa shape index (κ1) is 27.1. The standard InChI is InChI=1S/C27H32BrN5O3S/c1-5-8-15-36-21-14-13-18(28)16-19(21)24-23(17(4)29-26-31-27(37-7-3)32-33(24)26)25(34)30-20-11-9-10-12-22(20)35-6-2/h9-14,16,24H,5-8,15H2,1-4H3,(H,30,34)(H,29,31,32). The Balaban J connectivity index is 1.81. The van der Waals surface area contributed by atoms with Crippen molar-refractivity contribution >= 4 is 45.2 Å². The van der Waals surface area contributed by atoms with E-state index in [-0.39, 0.29) is 5.91 Å². The lowest BCUT2D eigenvalue weighted by molar-refractivity contribution is -0.113. The minimum absolute atomic E-state index is 0.257. The largest absolute Gasteiger partial charge is 0.493 e. The molecule has 37 heavy (non-hydrogen) atoms.